The smallest absolute Gasteiger partial charge is 0.394 e. The van der Waals surface area contributed by atoms with Gasteiger partial charge in [0.25, 0.3) is 0 Å². The van der Waals surface area contributed by atoms with E-state index >= 15 is 0 Å². The van der Waals surface area contributed by atoms with Crippen molar-refractivity contribution in [1.29, 1.82) is 0 Å². The fraction of sp³-hybridized carbons (Fsp3) is 0.538. The fourth-order valence-corrected chi connectivity index (χ4v) is 2.28. The van der Waals surface area contributed by atoms with Crippen molar-refractivity contribution >= 4 is 8.60 Å². The van der Waals surface area contributed by atoms with Crippen LogP contribution in [0.1, 0.15) is 44.7 Å². The monoisotopic (exact) mass is 271 g/mol. The van der Waals surface area contributed by atoms with Crippen LogP contribution in [0, 0.1) is 0 Å². The number of nitrogens with two attached hydrogens (primary N) is 1. The van der Waals surface area contributed by atoms with Gasteiger partial charge >= 0.3 is 8.60 Å². The normalized spacial score (nSPS) is 14.2. The summed E-state index contributed by atoms with van der Waals surface area (Å²) in [5.74, 6) is 0.614. The van der Waals surface area contributed by atoms with Gasteiger partial charge in [-0.25, -0.2) is 0 Å². The van der Waals surface area contributed by atoms with Crippen molar-refractivity contribution in [3.8, 4) is 5.75 Å². The Morgan fingerprint density at radius 2 is 2.06 bits per heavy atom. The summed E-state index contributed by atoms with van der Waals surface area (Å²) >= 11 is 0. The van der Waals surface area contributed by atoms with Crippen molar-refractivity contribution < 1.29 is 13.9 Å². The molecule has 0 saturated carbocycles. The molecule has 0 bridgehead atoms. The maximum absolute atomic E-state index is 9.56. The first kappa shape index (κ1) is 15.4. The van der Waals surface area contributed by atoms with Gasteiger partial charge in [0, 0.05) is 11.6 Å². The highest BCUT2D eigenvalue weighted by molar-refractivity contribution is 7.41. The number of rotatable bonds is 8. The number of unbranched alkanes of at least 4 members (excludes halogenated alkanes) is 1. The average Bonchev–Trinajstić information content (AvgIpc) is 2.37. The molecule has 0 fully saturated rings. The second-order valence-corrected chi connectivity index (χ2v) is 4.95. The van der Waals surface area contributed by atoms with Crippen LogP contribution in [0.5, 0.6) is 5.75 Å². The van der Waals surface area contributed by atoms with E-state index < -0.39 is 8.60 Å². The molecule has 5 heteroatoms. The first-order valence-corrected chi connectivity index (χ1v) is 7.46. The Bertz CT molecular complexity index is 349. The molecule has 3 N–H and O–H groups in total. The lowest BCUT2D eigenvalue weighted by Gasteiger charge is -2.18. The van der Waals surface area contributed by atoms with Crippen LogP contribution in [-0.4, -0.2) is 11.5 Å². The lowest BCUT2D eigenvalue weighted by molar-refractivity contribution is 0.273. The number of benzene rings is 1. The third-order valence-electron chi connectivity index (χ3n) is 2.60. The molecule has 0 radical (unpaired) electrons. The minimum atomic E-state index is -1.87. The first-order valence-electron chi connectivity index (χ1n) is 6.33. The number of hydrogen-bond acceptors (Lipinski definition) is 4. The zero-order valence-electron chi connectivity index (χ0n) is 11.0. The summed E-state index contributed by atoms with van der Waals surface area (Å²) in [7, 11) is -1.87. The molecular formula is C13H22NO3P. The molecule has 0 aliphatic rings. The van der Waals surface area contributed by atoms with Crippen LogP contribution in [0.25, 0.3) is 0 Å². The second-order valence-electron chi connectivity index (χ2n) is 4.03. The average molecular weight is 271 g/mol. The van der Waals surface area contributed by atoms with E-state index in [2.05, 4.69) is 6.92 Å². The molecule has 0 heterocycles. The van der Waals surface area contributed by atoms with E-state index in [0.29, 0.717) is 12.4 Å². The molecule has 2 unspecified atom stereocenters. The molecule has 0 amide bonds. The molecule has 0 aliphatic carbocycles. The van der Waals surface area contributed by atoms with Crippen LogP contribution < -0.4 is 10.3 Å². The zero-order valence-corrected chi connectivity index (χ0v) is 11.9. The molecule has 0 spiro atoms. The Kier molecular flexibility index (Phi) is 7.21. The van der Waals surface area contributed by atoms with Crippen molar-refractivity contribution in [2.75, 3.05) is 6.61 Å². The van der Waals surface area contributed by atoms with Crippen LogP contribution in [0.2, 0.25) is 0 Å². The molecule has 18 heavy (non-hydrogen) atoms. The molecule has 4 nitrogen and oxygen atoms in total. The van der Waals surface area contributed by atoms with E-state index in [0.717, 1.165) is 24.8 Å². The van der Waals surface area contributed by atoms with Crippen LogP contribution in [0.3, 0.4) is 0 Å². The van der Waals surface area contributed by atoms with Gasteiger partial charge in [-0.1, -0.05) is 38.0 Å². The topological polar surface area (TPSA) is 64.7 Å². The van der Waals surface area contributed by atoms with Crippen molar-refractivity contribution in [1.82, 2.24) is 0 Å². The Morgan fingerprint density at radius 1 is 1.33 bits per heavy atom. The molecule has 2 atom stereocenters. The molecule has 1 rings (SSSR count). The summed E-state index contributed by atoms with van der Waals surface area (Å²) in [5.41, 5.74) is 7.06. The third kappa shape index (κ3) is 4.91. The highest BCUT2D eigenvalue weighted by Crippen LogP contribution is 2.38. The summed E-state index contributed by atoms with van der Waals surface area (Å²) in [6, 6.07) is 7.47. The van der Waals surface area contributed by atoms with Crippen LogP contribution in [0.4, 0.5) is 0 Å². The van der Waals surface area contributed by atoms with Gasteiger partial charge in [0.2, 0.25) is 0 Å². The largest absolute Gasteiger partial charge is 0.427 e. The van der Waals surface area contributed by atoms with E-state index in [1.54, 1.807) is 0 Å². The van der Waals surface area contributed by atoms with Crippen LogP contribution in [0.15, 0.2) is 24.3 Å². The van der Waals surface area contributed by atoms with Crippen LogP contribution >= 0.6 is 8.60 Å². The summed E-state index contributed by atoms with van der Waals surface area (Å²) in [6.45, 7) is 4.37. The van der Waals surface area contributed by atoms with Gasteiger partial charge in [-0.2, -0.15) is 0 Å². The van der Waals surface area contributed by atoms with Gasteiger partial charge in [-0.05, 0) is 19.4 Å². The highest BCUT2D eigenvalue weighted by atomic mass is 31.2. The molecule has 0 aliphatic heterocycles. The van der Waals surface area contributed by atoms with E-state index in [1.807, 2.05) is 31.2 Å². The summed E-state index contributed by atoms with van der Waals surface area (Å²) in [5, 5.41) is 0. The molecule has 1 aromatic carbocycles. The van der Waals surface area contributed by atoms with Gasteiger partial charge in [-0.15, -0.1) is 0 Å². The summed E-state index contributed by atoms with van der Waals surface area (Å²) in [4.78, 5) is 9.56. The van der Waals surface area contributed by atoms with E-state index in [1.165, 1.54) is 0 Å². The van der Waals surface area contributed by atoms with E-state index in [-0.39, 0.29) is 6.04 Å². The highest BCUT2D eigenvalue weighted by Gasteiger charge is 2.15. The van der Waals surface area contributed by atoms with Crippen molar-refractivity contribution in [3.05, 3.63) is 29.8 Å². The van der Waals surface area contributed by atoms with Gasteiger partial charge < -0.3 is 19.7 Å². The molecule has 0 aromatic heterocycles. The predicted octanol–water partition coefficient (Wildman–Crippen LogP) is 3.51. The number of para-hydroxylation sites is 1. The van der Waals surface area contributed by atoms with E-state index in [4.69, 9.17) is 14.8 Å². The lowest BCUT2D eigenvalue weighted by Crippen LogP contribution is -2.11. The maximum atomic E-state index is 9.56. The minimum Gasteiger partial charge on any atom is -0.427 e. The summed E-state index contributed by atoms with van der Waals surface area (Å²) in [6.07, 6.45) is 3.10. The standard InChI is InChI=1S/C13H22NO3P/c1-3-5-9-12(14)11-8-6-7-10-13(11)17-18(15)16-4-2/h6-8,10,12,15H,3-5,9,14H2,1-2H3. The van der Waals surface area contributed by atoms with Gasteiger partial charge in [0.05, 0.1) is 6.61 Å². The van der Waals surface area contributed by atoms with Crippen molar-refractivity contribution in [2.24, 2.45) is 5.73 Å². The second kappa shape index (κ2) is 8.44. The van der Waals surface area contributed by atoms with Gasteiger partial charge in [-0.3, -0.25) is 0 Å². The fourth-order valence-electron chi connectivity index (χ4n) is 1.67. The first-order chi connectivity index (χ1) is 8.69. The van der Waals surface area contributed by atoms with Gasteiger partial charge in [0.15, 0.2) is 0 Å². The predicted molar refractivity (Wildman–Crippen MR) is 74.3 cm³/mol. The number of hydrogen-bond donors (Lipinski definition) is 2. The minimum absolute atomic E-state index is 0.0637. The molecule has 102 valence electrons. The molecule has 0 saturated heterocycles. The Hall–Kier alpha value is -0.670. The Morgan fingerprint density at radius 3 is 2.72 bits per heavy atom. The van der Waals surface area contributed by atoms with Crippen molar-refractivity contribution in [3.63, 3.8) is 0 Å². The zero-order chi connectivity index (χ0) is 13.4. The van der Waals surface area contributed by atoms with Gasteiger partial charge in [0.1, 0.15) is 5.75 Å². The SMILES string of the molecule is CCCCC(N)c1ccccc1OP(O)OCC. The Balaban J connectivity index is 2.72. The van der Waals surface area contributed by atoms with Crippen molar-refractivity contribution in [2.45, 2.75) is 39.2 Å². The van der Waals surface area contributed by atoms with Crippen LogP contribution in [-0.2, 0) is 4.52 Å². The molecular weight excluding hydrogens is 249 g/mol. The third-order valence-corrected chi connectivity index (χ3v) is 3.44. The maximum Gasteiger partial charge on any atom is 0.394 e. The summed E-state index contributed by atoms with van der Waals surface area (Å²) < 4.78 is 10.4. The van der Waals surface area contributed by atoms with E-state index in [9.17, 15) is 4.89 Å². The lowest BCUT2D eigenvalue weighted by atomic mass is 10.0. The molecule has 1 aromatic rings. The quantitative estimate of drug-likeness (QED) is 0.710. The Labute approximate surface area is 110 Å².